The summed E-state index contributed by atoms with van der Waals surface area (Å²) in [5.74, 6) is 0.903. The molecule has 0 spiro atoms. The van der Waals surface area contributed by atoms with Gasteiger partial charge in [-0.1, -0.05) is 12.1 Å². The molecule has 0 amide bonds. The van der Waals surface area contributed by atoms with Gasteiger partial charge in [0.2, 0.25) is 0 Å². The summed E-state index contributed by atoms with van der Waals surface area (Å²) in [6, 6.07) is 12.8. The molecule has 2 nitrogen and oxygen atoms in total. The van der Waals surface area contributed by atoms with Gasteiger partial charge in [0.1, 0.15) is 5.84 Å². The van der Waals surface area contributed by atoms with Crippen LogP contribution in [0.25, 0.3) is 0 Å². The lowest BCUT2D eigenvalue weighted by molar-refractivity contribution is 1.34. The fourth-order valence-corrected chi connectivity index (χ4v) is 2.49. The summed E-state index contributed by atoms with van der Waals surface area (Å²) in [4.78, 5) is 4.64. The zero-order chi connectivity index (χ0) is 14.7. The molecule has 0 fully saturated rings. The lowest BCUT2D eigenvalue weighted by atomic mass is 10.1. The Morgan fingerprint density at radius 3 is 1.70 bits per heavy atom. The zero-order valence-corrected chi connectivity index (χ0v) is 12.9. The predicted octanol–water partition coefficient (Wildman–Crippen LogP) is 5.08. The monoisotopic (exact) mass is 266 g/mol. The number of anilines is 1. The molecule has 0 aromatic heterocycles. The number of nitrogens with zero attached hydrogens (tertiary/aromatic N) is 1. The molecule has 0 saturated heterocycles. The SMILES string of the molecule is CC(=Nc1cc(C)cc(C)c1)Nc1cc(C)cc(C)c1. The number of aliphatic imine (C=N–C) groups is 1. The van der Waals surface area contributed by atoms with E-state index in [2.05, 4.69) is 74.4 Å². The first-order valence-corrected chi connectivity index (χ1v) is 6.91. The van der Waals surface area contributed by atoms with Crippen LogP contribution >= 0.6 is 0 Å². The Morgan fingerprint density at radius 2 is 1.20 bits per heavy atom. The van der Waals surface area contributed by atoms with E-state index in [0.29, 0.717) is 0 Å². The molecule has 20 heavy (non-hydrogen) atoms. The van der Waals surface area contributed by atoms with Gasteiger partial charge >= 0.3 is 0 Å². The molecule has 0 unspecified atom stereocenters. The van der Waals surface area contributed by atoms with Gasteiger partial charge in [-0.05, 0) is 81.1 Å². The lowest BCUT2D eigenvalue weighted by Crippen LogP contribution is -2.07. The molecule has 0 bridgehead atoms. The van der Waals surface area contributed by atoms with Crippen molar-refractivity contribution in [3.8, 4) is 0 Å². The molecule has 0 aliphatic carbocycles. The second kappa shape index (κ2) is 5.91. The van der Waals surface area contributed by atoms with E-state index in [1.807, 2.05) is 6.92 Å². The van der Waals surface area contributed by atoms with Crippen LogP contribution in [-0.4, -0.2) is 5.84 Å². The third kappa shape index (κ3) is 3.95. The van der Waals surface area contributed by atoms with Crippen LogP contribution < -0.4 is 5.32 Å². The molecule has 2 heteroatoms. The third-order valence-corrected chi connectivity index (χ3v) is 3.05. The molecule has 1 N–H and O–H groups in total. The number of nitrogens with one attached hydrogen (secondary N) is 1. The van der Waals surface area contributed by atoms with Crippen LogP contribution in [0, 0.1) is 27.7 Å². The van der Waals surface area contributed by atoms with E-state index in [9.17, 15) is 0 Å². The average molecular weight is 266 g/mol. The molecule has 104 valence electrons. The van der Waals surface area contributed by atoms with Crippen LogP contribution in [0.3, 0.4) is 0 Å². The minimum atomic E-state index is 0.903. The number of hydrogen-bond acceptors (Lipinski definition) is 1. The third-order valence-electron chi connectivity index (χ3n) is 3.05. The maximum absolute atomic E-state index is 4.64. The molecule has 0 heterocycles. The maximum Gasteiger partial charge on any atom is 0.103 e. The van der Waals surface area contributed by atoms with Crippen LogP contribution in [0.1, 0.15) is 29.2 Å². The normalized spacial score (nSPS) is 11.6. The molecule has 0 radical (unpaired) electrons. The standard InChI is InChI=1S/C18H22N2/c1-12-6-13(2)9-17(8-12)19-16(5)20-18-10-14(3)7-15(4)11-18/h6-11H,1-5H3,(H,19,20). The Morgan fingerprint density at radius 1 is 0.750 bits per heavy atom. The van der Waals surface area contributed by atoms with Crippen LogP contribution in [0.15, 0.2) is 41.4 Å². The van der Waals surface area contributed by atoms with E-state index in [1.165, 1.54) is 22.3 Å². The van der Waals surface area contributed by atoms with Crippen molar-refractivity contribution in [2.75, 3.05) is 5.32 Å². The van der Waals surface area contributed by atoms with Crippen molar-refractivity contribution in [1.82, 2.24) is 0 Å². The number of rotatable bonds is 2. The minimum Gasteiger partial charge on any atom is -0.344 e. The van der Waals surface area contributed by atoms with Gasteiger partial charge < -0.3 is 5.32 Å². The van der Waals surface area contributed by atoms with E-state index in [4.69, 9.17) is 0 Å². The van der Waals surface area contributed by atoms with E-state index in [1.54, 1.807) is 0 Å². The van der Waals surface area contributed by atoms with Crippen LogP contribution in [0.4, 0.5) is 11.4 Å². The summed E-state index contributed by atoms with van der Waals surface area (Å²) in [7, 11) is 0. The van der Waals surface area contributed by atoms with Gasteiger partial charge in [-0.3, -0.25) is 0 Å². The minimum absolute atomic E-state index is 0.903. The van der Waals surface area contributed by atoms with Crippen LogP contribution in [0.5, 0.6) is 0 Å². The quantitative estimate of drug-likeness (QED) is 0.594. The first kappa shape index (κ1) is 14.3. The molecule has 0 atom stereocenters. The fraction of sp³-hybridized carbons (Fsp3) is 0.278. The van der Waals surface area contributed by atoms with Gasteiger partial charge in [0, 0.05) is 5.69 Å². The van der Waals surface area contributed by atoms with Gasteiger partial charge in [0.15, 0.2) is 0 Å². The van der Waals surface area contributed by atoms with Crippen LogP contribution in [-0.2, 0) is 0 Å². The van der Waals surface area contributed by atoms with Crippen molar-refractivity contribution in [2.45, 2.75) is 34.6 Å². The Labute approximate surface area is 121 Å². The molecular formula is C18H22N2. The smallest absolute Gasteiger partial charge is 0.103 e. The van der Waals surface area contributed by atoms with Crippen molar-refractivity contribution in [2.24, 2.45) is 4.99 Å². The number of hydrogen-bond donors (Lipinski definition) is 1. The van der Waals surface area contributed by atoms with E-state index in [-0.39, 0.29) is 0 Å². The van der Waals surface area contributed by atoms with E-state index in [0.717, 1.165) is 17.2 Å². The summed E-state index contributed by atoms with van der Waals surface area (Å²) in [6.07, 6.45) is 0. The van der Waals surface area contributed by atoms with Crippen molar-refractivity contribution in [3.05, 3.63) is 58.7 Å². The highest BCUT2D eigenvalue weighted by Crippen LogP contribution is 2.18. The van der Waals surface area contributed by atoms with E-state index < -0.39 is 0 Å². The fourth-order valence-electron chi connectivity index (χ4n) is 2.49. The highest BCUT2D eigenvalue weighted by molar-refractivity contribution is 5.95. The molecule has 2 aromatic rings. The average Bonchev–Trinajstić information content (AvgIpc) is 2.24. The second-order valence-electron chi connectivity index (χ2n) is 5.54. The predicted molar refractivity (Wildman–Crippen MR) is 88.2 cm³/mol. The Hall–Kier alpha value is -2.09. The molecule has 2 aromatic carbocycles. The summed E-state index contributed by atoms with van der Waals surface area (Å²) in [6.45, 7) is 10.4. The summed E-state index contributed by atoms with van der Waals surface area (Å²) in [5.41, 5.74) is 7.08. The van der Waals surface area contributed by atoms with Gasteiger partial charge in [-0.25, -0.2) is 4.99 Å². The second-order valence-corrected chi connectivity index (χ2v) is 5.54. The Kier molecular flexibility index (Phi) is 4.23. The summed E-state index contributed by atoms with van der Waals surface area (Å²) in [5, 5.41) is 3.36. The first-order valence-electron chi connectivity index (χ1n) is 6.91. The van der Waals surface area contributed by atoms with Crippen molar-refractivity contribution in [1.29, 1.82) is 0 Å². The Balaban J connectivity index is 2.22. The summed E-state index contributed by atoms with van der Waals surface area (Å²) < 4.78 is 0. The van der Waals surface area contributed by atoms with Gasteiger partial charge in [0.05, 0.1) is 5.69 Å². The first-order chi connectivity index (χ1) is 9.42. The highest BCUT2D eigenvalue weighted by atomic mass is 15.0. The van der Waals surface area contributed by atoms with Crippen molar-refractivity contribution >= 4 is 17.2 Å². The summed E-state index contributed by atoms with van der Waals surface area (Å²) >= 11 is 0. The van der Waals surface area contributed by atoms with Gasteiger partial charge in [-0.15, -0.1) is 0 Å². The number of amidine groups is 1. The highest BCUT2D eigenvalue weighted by Gasteiger charge is 1.99. The zero-order valence-electron chi connectivity index (χ0n) is 12.9. The van der Waals surface area contributed by atoms with Crippen molar-refractivity contribution < 1.29 is 0 Å². The van der Waals surface area contributed by atoms with Gasteiger partial charge in [0.25, 0.3) is 0 Å². The molecule has 0 saturated carbocycles. The molecule has 0 aliphatic heterocycles. The maximum atomic E-state index is 4.64. The van der Waals surface area contributed by atoms with Crippen LogP contribution in [0.2, 0.25) is 0 Å². The molecular weight excluding hydrogens is 244 g/mol. The van der Waals surface area contributed by atoms with Crippen molar-refractivity contribution in [3.63, 3.8) is 0 Å². The van der Waals surface area contributed by atoms with Gasteiger partial charge in [-0.2, -0.15) is 0 Å². The van der Waals surface area contributed by atoms with E-state index >= 15 is 0 Å². The topological polar surface area (TPSA) is 24.4 Å². The Bertz CT molecular complexity index is 614. The molecule has 0 aliphatic rings. The largest absolute Gasteiger partial charge is 0.344 e. The molecule has 2 rings (SSSR count). The number of aryl methyl sites for hydroxylation is 4. The number of benzene rings is 2. The lowest BCUT2D eigenvalue weighted by Gasteiger charge is -2.09.